The van der Waals surface area contributed by atoms with Crippen molar-refractivity contribution in [3.05, 3.63) is 68.8 Å². The Morgan fingerprint density at radius 1 is 1.20 bits per heavy atom. The van der Waals surface area contributed by atoms with E-state index in [9.17, 15) is 4.39 Å². The second kappa shape index (κ2) is 5.58. The van der Waals surface area contributed by atoms with Gasteiger partial charge < -0.3 is 0 Å². The van der Waals surface area contributed by atoms with Crippen LogP contribution in [0.3, 0.4) is 0 Å². The number of rotatable bonds is 2. The maximum atomic E-state index is 13.4. The van der Waals surface area contributed by atoms with E-state index >= 15 is 0 Å². The molecule has 0 spiro atoms. The van der Waals surface area contributed by atoms with Crippen LogP contribution in [0.2, 0.25) is 0 Å². The van der Waals surface area contributed by atoms with Crippen molar-refractivity contribution >= 4 is 53.3 Å². The van der Waals surface area contributed by atoms with Crippen LogP contribution in [0, 0.1) is 12.7 Å². The van der Waals surface area contributed by atoms with E-state index in [0.29, 0.717) is 5.56 Å². The van der Waals surface area contributed by atoms with Crippen molar-refractivity contribution in [3.8, 4) is 0 Å². The van der Waals surface area contributed by atoms with Gasteiger partial charge in [0.2, 0.25) is 0 Å². The molecule has 102 valence electrons. The third-order valence-electron chi connectivity index (χ3n) is 3.33. The van der Waals surface area contributed by atoms with E-state index in [-0.39, 0.29) is 10.6 Å². The van der Waals surface area contributed by atoms with E-state index in [1.807, 2.05) is 24.3 Å². The first-order valence-electron chi connectivity index (χ1n) is 6.13. The summed E-state index contributed by atoms with van der Waals surface area (Å²) in [5.41, 5.74) is 2.97. The van der Waals surface area contributed by atoms with Crippen LogP contribution in [0.4, 0.5) is 4.39 Å². The lowest BCUT2D eigenvalue weighted by Crippen LogP contribution is -1.93. The van der Waals surface area contributed by atoms with Crippen LogP contribution in [-0.4, -0.2) is 0 Å². The second-order valence-electron chi connectivity index (χ2n) is 4.68. The topological polar surface area (TPSA) is 0 Å². The van der Waals surface area contributed by atoms with E-state index < -0.39 is 0 Å². The molecule has 0 aliphatic heterocycles. The highest BCUT2D eigenvalue weighted by Gasteiger charge is 2.16. The molecule has 0 N–H and O–H groups in total. The summed E-state index contributed by atoms with van der Waals surface area (Å²) in [5, 5.41) is 3.39. The molecule has 3 rings (SSSR count). The van der Waals surface area contributed by atoms with E-state index in [4.69, 9.17) is 0 Å². The highest BCUT2D eigenvalue weighted by molar-refractivity contribution is 9.10. The first kappa shape index (κ1) is 14.2. The summed E-state index contributed by atoms with van der Waals surface area (Å²) in [7, 11) is 0. The molecule has 1 aromatic heterocycles. The molecule has 0 radical (unpaired) electrons. The van der Waals surface area contributed by atoms with Gasteiger partial charge >= 0.3 is 0 Å². The van der Waals surface area contributed by atoms with Crippen molar-refractivity contribution in [1.82, 2.24) is 0 Å². The fourth-order valence-corrected chi connectivity index (χ4v) is 4.73. The molecule has 0 bridgehead atoms. The second-order valence-corrected chi connectivity index (χ2v) is 7.33. The molecule has 0 amide bonds. The van der Waals surface area contributed by atoms with Crippen LogP contribution in [0.25, 0.3) is 10.1 Å². The molecular weight excluding hydrogens is 403 g/mol. The fourth-order valence-electron chi connectivity index (χ4n) is 2.24. The zero-order valence-corrected chi connectivity index (χ0v) is 14.6. The normalized spacial score (nSPS) is 12.8. The molecule has 4 heteroatoms. The molecule has 0 nitrogen and oxygen atoms in total. The van der Waals surface area contributed by atoms with E-state index in [1.165, 1.54) is 21.7 Å². The summed E-state index contributed by atoms with van der Waals surface area (Å²) in [5.74, 6) is -0.161. The van der Waals surface area contributed by atoms with Crippen LogP contribution in [-0.2, 0) is 0 Å². The van der Waals surface area contributed by atoms with Crippen molar-refractivity contribution in [3.63, 3.8) is 0 Å². The third kappa shape index (κ3) is 2.45. The Bertz CT molecular complexity index is 779. The molecule has 20 heavy (non-hydrogen) atoms. The summed E-state index contributed by atoms with van der Waals surface area (Å²) in [6.07, 6.45) is 0. The largest absolute Gasteiger partial charge is 0.207 e. The zero-order valence-electron chi connectivity index (χ0n) is 10.7. The minimum absolute atomic E-state index is 0.0739. The predicted octanol–water partition coefficient (Wildman–Crippen LogP) is 6.60. The molecule has 1 atom stereocenters. The van der Waals surface area contributed by atoms with Crippen LogP contribution < -0.4 is 0 Å². The number of thiophene rings is 1. The highest BCUT2D eigenvalue weighted by atomic mass is 79.9. The molecule has 3 aromatic rings. The summed E-state index contributed by atoms with van der Waals surface area (Å²) in [6, 6.07) is 11.5. The van der Waals surface area contributed by atoms with Crippen molar-refractivity contribution in [2.45, 2.75) is 11.8 Å². The van der Waals surface area contributed by atoms with Gasteiger partial charge in [0.25, 0.3) is 0 Å². The summed E-state index contributed by atoms with van der Waals surface area (Å²) in [6.45, 7) is 1.79. The van der Waals surface area contributed by atoms with Gasteiger partial charge in [0, 0.05) is 9.17 Å². The number of hydrogen-bond acceptors (Lipinski definition) is 1. The Morgan fingerprint density at radius 2 is 2.00 bits per heavy atom. The molecule has 1 unspecified atom stereocenters. The average molecular weight is 414 g/mol. The molecule has 2 aromatic carbocycles. The van der Waals surface area contributed by atoms with Gasteiger partial charge in [-0.1, -0.05) is 40.2 Å². The zero-order chi connectivity index (χ0) is 14.3. The summed E-state index contributed by atoms with van der Waals surface area (Å²) in [4.78, 5) is 0.0739. The van der Waals surface area contributed by atoms with E-state index in [0.717, 1.165) is 10.0 Å². The van der Waals surface area contributed by atoms with Crippen LogP contribution in [0.5, 0.6) is 0 Å². The smallest absolute Gasteiger partial charge is 0.126 e. The molecule has 1 heterocycles. The first-order valence-corrected chi connectivity index (χ1v) is 8.72. The van der Waals surface area contributed by atoms with Crippen molar-refractivity contribution in [2.75, 3.05) is 0 Å². The lowest BCUT2D eigenvalue weighted by atomic mass is 10.0. The number of aryl methyl sites for hydroxylation is 1. The highest BCUT2D eigenvalue weighted by Crippen LogP contribution is 2.41. The maximum absolute atomic E-state index is 13.4. The van der Waals surface area contributed by atoms with Crippen molar-refractivity contribution in [2.24, 2.45) is 0 Å². The average Bonchev–Trinajstić information content (AvgIpc) is 2.86. The summed E-state index contributed by atoms with van der Waals surface area (Å²) < 4.78 is 15.7. The van der Waals surface area contributed by atoms with E-state index in [2.05, 4.69) is 43.3 Å². The van der Waals surface area contributed by atoms with Gasteiger partial charge in [0.05, 0.1) is 4.83 Å². The van der Waals surface area contributed by atoms with E-state index in [1.54, 1.807) is 18.3 Å². The SMILES string of the molecule is Cc1cc(C(Br)c2csc3c(Br)cccc23)ccc1F. The molecule has 0 aliphatic rings. The molecule has 0 fully saturated rings. The maximum Gasteiger partial charge on any atom is 0.126 e. The third-order valence-corrected chi connectivity index (χ3v) is 6.32. The number of halogens is 3. The number of alkyl halides is 1. The van der Waals surface area contributed by atoms with Gasteiger partial charge in [-0.05, 0) is 62.4 Å². The Labute approximate surface area is 137 Å². The number of benzene rings is 2. The monoisotopic (exact) mass is 412 g/mol. The van der Waals surface area contributed by atoms with Crippen molar-refractivity contribution in [1.29, 1.82) is 0 Å². The van der Waals surface area contributed by atoms with Crippen LogP contribution >= 0.6 is 43.2 Å². The molecule has 0 saturated heterocycles. The van der Waals surface area contributed by atoms with Gasteiger partial charge in [0.15, 0.2) is 0 Å². The van der Waals surface area contributed by atoms with Crippen molar-refractivity contribution < 1.29 is 4.39 Å². The lowest BCUT2D eigenvalue weighted by Gasteiger charge is -2.11. The molecule has 0 aliphatic carbocycles. The van der Waals surface area contributed by atoms with Gasteiger partial charge in [0.1, 0.15) is 5.82 Å². The Kier molecular flexibility index (Phi) is 3.98. The Morgan fingerprint density at radius 3 is 2.75 bits per heavy atom. The first-order chi connectivity index (χ1) is 9.58. The lowest BCUT2D eigenvalue weighted by molar-refractivity contribution is 0.618. The van der Waals surface area contributed by atoms with Gasteiger partial charge in [-0.3, -0.25) is 0 Å². The van der Waals surface area contributed by atoms with Gasteiger partial charge in [-0.2, -0.15) is 0 Å². The minimum atomic E-state index is -0.161. The Hall–Kier alpha value is -0.710. The number of hydrogen-bond donors (Lipinski definition) is 0. The van der Waals surface area contributed by atoms with Gasteiger partial charge in [-0.15, -0.1) is 11.3 Å². The molecule has 0 saturated carbocycles. The van der Waals surface area contributed by atoms with Crippen LogP contribution in [0.15, 0.2) is 46.3 Å². The number of fused-ring (bicyclic) bond motifs is 1. The fraction of sp³-hybridized carbons (Fsp3) is 0.125. The standard InChI is InChI=1S/C16H11Br2FS/c1-9-7-10(5-6-14(9)19)15(18)12-8-20-16-11(12)3-2-4-13(16)17/h2-8,15H,1H3. The molecular formula is C16H11Br2FS. The predicted molar refractivity (Wildman–Crippen MR) is 91.4 cm³/mol. The quantitative estimate of drug-likeness (QED) is 0.415. The van der Waals surface area contributed by atoms with Gasteiger partial charge in [-0.25, -0.2) is 4.39 Å². The minimum Gasteiger partial charge on any atom is -0.207 e. The van der Waals surface area contributed by atoms with Crippen LogP contribution in [0.1, 0.15) is 21.5 Å². The summed E-state index contributed by atoms with van der Waals surface area (Å²) >= 11 is 9.05. The Balaban J connectivity index is 2.10.